The lowest BCUT2D eigenvalue weighted by Gasteiger charge is -2.27. The number of rotatable bonds is 7. The lowest BCUT2D eigenvalue weighted by Crippen LogP contribution is -2.30. The van der Waals surface area contributed by atoms with Gasteiger partial charge in [0, 0.05) is 34.5 Å². The number of hydrogen-bond donors (Lipinski definition) is 2. The van der Waals surface area contributed by atoms with Crippen molar-refractivity contribution in [2.75, 3.05) is 22.1 Å². The number of anilines is 3. The van der Waals surface area contributed by atoms with E-state index in [1.807, 2.05) is 12.1 Å². The van der Waals surface area contributed by atoms with Crippen molar-refractivity contribution >= 4 is 46.2 Å². The molecular weight excluding hydrogens is 372 g/mol. The third-order valence-electron chi connectivity index (χ3n) is 3.76. The Morgan fingerprint density at radius 1 is 1.00 bits per heavy atom. The van der Waals surface area contributed by atoms with Crippen LogP contribution in [0, 0.1) is 0 Å². The minimum Gasteiger partial charge on any atom is -0.369 e. The number of alkyl halides is 2. The Labute approximate surface area is 163 Å². The molecule has 0 amide bonds. The van der Waals surface area contributed by atoms with Crippen LogP contribution in [0.5, 0.6) is 0 Å². The smallest absolute Gasteiger partial charge is 0.288 e. The van der Waals surface area contributed by atoms with Gasteiger partial charge < -0.3 is 15.5 Å². The molecule has 7 heteroatoms. The molecule has 0 unspecified atom stereocenters. The average molecular weight is 396 g/mol. The molecule has 2 aromatic rings. The Kier molecular flexibility index (Phi) is 7.66. The molecular formula is C19H23F2N3S2. The number of halogens is 2. The molecule has 0 atom stereocenters. The van der Waals surface area contributed by atoms with Crippen molar-refractivity contribution in [2.45, 2.75) is 37.5 Å². The first-order valence-corrected chi connectivity index (χ1v) is 9.67. The van der Waals surface area contributed by atoms with Crippen molar-refractivity contribution in [1.82, 2.24) is 0 Å². The highest BCUT2D eigenvalue weighted by Crippen LogP contribution is 2.26. The molecule has 0 fully saturated rings. The van der Waals surface area contributed by atoms with Gasteiger partial charge in [-0.05, 0) is 81.5 Å². The van der Waals surface area contributed by atoms with Gasteiger partial charge >= 0.3 is 0 Å². The maximum absolute atomic E-state index is 12.3. The number of benzene rings is 2. The van der Waals surface area contributed by atoms with Gasteiger partial charge in [-0.25, -0.2) is 0 Å². The van der Waals surface area contributed by atoms with Crippen LogP contribution in [0.25, 0.3) is 0 Å². The summed E-state index contributed by atoms with van der Waals surface area (Å²) < 4.78 is 24.7. The van der Waals surface area contributed by atoms with Crippen molar-refractivity contribution in [2.24, 2.45) is 0 Å². The van der Waals surface area contributed by atoms with Gasteiger partial charge in [0.1, 0.15) is 0 Å². The maximum Gasteiger partial charge on any atom is 0.288 e. The highest BCUT2D eigenvalue weighted by Gasteiger charge is 2.08. The van der Waals surface area contributed by atoms with E-state index in [2.05, 4.69) is 48.4 Å². The van der Waals surface area contributed by atoms with E-state index in [9.17, 15) is 8.78 Å². The highest BCUT2D eigenvalue weighted by atomic mass is 32.2. The summed E-state index contributed by atoms with van der Waals surface area (Å²) in [6, 6.07) is 15.3. The van der Waals surface area contributed by atoms with Gasteiger partial charge in [0.2, 0.25) is 0 Å². The van der Waals surface area contributed by atoms with E-state index >= 15 is 0 Å². The zero-order valence-corrected chi connectivity index (χ0v) is 16.6. The zero-order chi connectivity index (χ0) is 19.1. The summed E-state index contributed by atoms with van der Waals surface area (Å²) in [5.41, 5.74) is 2.80. The summed E-state index contributed by atoms with van der Waals surface area (Å²) in [7, 11) is 0. The molecule has 0 bridgehead atoms. The molecule has 0 aliphatic heterocycles. The molecule has 0 saturated carbocycles. The molecule has 0 aromatic heterocycles. The molecule has 0 aliphatic carbocycles. The van der Waals surface area contributed by atoms with Crippen LogP contribution < -0.4 is 15.5 Å². The van der Waals surface area contributed by atoms with Crippen molar-refractivity contribution in [1.29, 1.82) is 0 Å². The SMILES string of the molecule is CCN(c1ccc(NC(=S)Nc2ccc(SC(F)F)cc2)cc1)C(C)C. The number of nitrogens with zero attached hydrogens (tertiary/aromatic N) is 1. The quantitative estimate of drug-likeness (QED) is 0.440. The first-order valence-electron chi connectivity index (χ1n) is 8.38. The fourth-order valence-electron chi connectivity index (χ4n) is 2.60. The fraction of sp³-hybridized carbons (Fsp3) is 0.316. The van der Waals surface area contributed by atoms with Gasteiger partial charge in [-0.2, -0.15) is 8.78 Å². The van der Waals surface area contributed by atoms with Crippen LogP contribution in [0.1, 0.15) is 20.8 Å². The molecule has 3 nitrogen and oxygen atoms in total. The van der Waals surface area contributed by atoms with E-state index < -0.39 is 5.76 Å². The Bertz CT molecular complexity index is 704. The predicted octanol–water partition coefficient (Wildman–Crippen LogP) is 6.04. The van der Waals surface area contributed by atoms with E-state index in [1.165, 1.54) is 5.69 Å². The lowest BCUT2D eigenvalue weighted by molar-refractivity contribution is 0.252. The van der Waals surface area contributed by atoms with Crippen molar-refractivity contribution in [3.05, 3.63) is 48.5 Å². The van der Waals surface area contributed by atoms with Crippen LogP contribution in [0.2, 0.25) is 0 Å². The predicted molar refractivity (Wildman–Crippen MR) is 113 cm³/mol. The van der Waals surface area contributed by atoms with E-state index in [-0.39, 0.29) is 0 Å². The molecule has 0 aliphatic rings. The summed E-state index contributed by atoms with van der Waals surface area (Å²) in [4.78, 5) is 2.82. The van der Waals surface area contributed by atoms with Crippen LogP contribution in [-0.2, 0) is 0 Å². The van der Waals surface area contributed by atoms with Gasteiger partial charge in [-0.1, -0.05) is 11.8 Å². The fourth-order valence-corrected chi connectivity index (χ4v) is 3.33. The van der Waals surface area contributed by atoms with Gasteiger partial charge in [0.05, 0.1) is 0 Å². The Balaban J connectivity index is 1.93. The summed E-state index contributed by atoms with van der Waals surface area (Å²) in [6.45, 7) is 7.42. The first kappa shape index (κ1) is 20.5. The van der Waals surface area contributed by atoms with Crippen molar-refractivity contribution in [3.8, 4) is 0 Å². The Hall–Kier alpha value is -1.86. The Morgan fingerprint density at radius 2 is 1.50 bits per heavy atom. The molecule has 0 saturated heterocycles. The van der Waals surface area contributed by atoms with E-state index in [0.29, 0.717) is 27.8 Å². The maximum atomic E-state index is 12.3. The normalized spacial score (nSPS) is 10.9. The number of nitrogens with one attached hydrogen (secondary N) is 2. The molecule has 0 radical (unpaired) electrons. The lowest BCUT2D eigenvalue weighted by atomic mass is 10.2. The Morgan fingerprint density at radius 3 is 1.92 bits per heavy atom. The van der Waals surface area contributed by atoms with Crippen LogP contribution in [0.3, 0.4) is 0 Å². The summed E-state index contributed by atoms with van der Waals surface area (Å²) in [6.07, 6.45) is 0. The van der Waals surface area contributed by atoms with E-state index in [1.54, 1.807) is 24.3 Å². The number of thiocarbonyl (C=S) groups is 1. The van der Waals surface area contributed by atoms with Crippen molar-refractivity contribution in [3.63, 3.8) is 0 Å². The standard InChI is InChI=1S/C19H23F2N3S2/c1-4-24(13(2)3)16-9-5-14(6-10-16)22-19(25)23-15-7-11-17(12-8-15)26-18(20)21/h5-13,18H,4H2,1-3H3,(H2,22,23,25). The summed E-state index contributed by atoms with van der Waals surface area (Å²) in [5.74, 6) is -2.42. The van der Waals surface area contributed by atoms with Gasteiger partial charge in [-0.3, -0.25) is 0 Å². The van der Waals surface area contributed by atoms with Crippen LogP contribution >= 0.6 is 24.0 Å². The monoisotopic (exact) mass is 395 g/mol. The molecule has 2 aromatic carbocycles. The third kappa shape index (κ3) is 6.14. The van der Waals surface area contributed by atoms with E-state index in [4.69, 9.17) is 12.2 Å². The topological polar surface area (TPSA) is 27.3 Å². The van der Waals surface area contributed by atoms with Crippen LogP contribution in [0.15, 0.2) is 53.4 Å². The summed E-state index contributed by atoms with van der Waals surface area (Å²) in [5, 5.41) is 6.63. The van der Waals surface area contributed by atoms with Crippen LogP contribution in [0.4, 0.5) is 25.8 Å². The second-order valence-corrected chi connectivity index (χ2v) is 7.38. The molecule has 26 heavy (non-hydrogen) atoms. The second kappa shape index (κ2) is 9.73. The van der Waals surface area contributed by atoms with Crippen LogP contribution in [-0.4, -0.2) is 23.5 Å². The molecule has 2 rings (SSSR count). The van der Waals surface area contributed by atoms with E-state index in [0.717, 1.165) is 17.9 Å². The zero-order valence-electron chi connectivity index (χ0n) is 15.0. The number of thioether (sulfide) groups is 1. The average Bonchev–Trinajstić information content (AvgIpc) is 2.58. The highest BCUT2D eigenvalue weighted by molar-refractivity contribution is 7.99. The minimum absolute atomic E-state index is 0.438. The van der Waals surface area contributed by atoms with Gasteiger partial charge in [-0.15, -0.1) is 0 Å². The first-order chi connectivity index (χ1) is 12.4. The van der Waals surface area contributed by atoms with Crippen molar-refractivity contribution < 1.29 is 8.78 Å². The minimum atomic E-state index is -2.42. The number of hydrogen-bond acceptors (Lipinski definition) is 3. The molecule has 2 N–H and O–H groups in total. The molecule has 0 heterocycles. The third-order valence-corrected chi connectivity index (χ3v) is 4.68. The molecule has 0 spiro atoms. The van der Waals surface area contributed by atoms with Gasteiger partial charge in [0.25, 0.3) is 5.76 Å². The largest absolute Gasteiger partial charge is 0.369 e. The molecule has 140 valence electrons. The van der Waals surface area contributed by atoms with Gasteiger partial charge in [0.15, 0.2) is 5.11 Å². The summed E-state index contributed by atoms with van der Waals surface area (Å²) >= 11 is 5.83. The second-order valence-electron chi connectivity index (χ2n) is 5.91.